The van der Waals surface area contributed by atoms with Gasteiger partial charge in [-0.3, -0.25) is 4.79 Å². The van der Waals surface area contributed by atoms with Crippen molar-refractivity contribution in [2.75, 3.05) is 38.2 Å². The minimum absolute atomic E-state index is 0.159. The molecule has 7 nitrogen and oxygen atoms in total. The van der Waals surface area contributed by atoms with Crippen LogP contribution >= 0.6 is 0 Å². The van der Waals surface area contributed by atoms with E-state index in [1.54, 1.807) is 7.11 Å². The molecule has 0 bridgehead atoms. The van der Waals surface area contributed by atoms with Crippen LogP contribution in [0.15, 0.2) is 53.1 Å². The molecule has 1 aliphatic carbocycles. The number of aromatic nitrogens is 2. The summed E-state index contributed by atoms with van der Waals surface area (Å²) in [5.74, 6) is 2.81. The fourth-order valence-electron chi connectivity index (χ4n) is 3.95. The third-order valence-corrected chi connectivity index (χ3v) is 5.98. The number of hydrogen-bond donors (Lipinski definition) is 0. The lowest BCUT2D eigenvalue weighted by molar-refractivity contribution is -0.130. The van der Waals surface area contributed by atoms with Gasteiger partial charge in [0, 0.05) is 43.3 Å². The number of piperazine rings is 1. The third kappa shape index (κ3) is 4.40. The summed E-state index contributed by atoms with van der Waals surface area (Å²) in [6, 6.07) is 16.0. The molecule has 5 rings (SSSR count). The highest BCUT2D eigenvalue weighted by Gasteiger charge is 2.29. The molecule has 3 aromatic rings. The van der Waals surface area contributed by atoms with E-state index in [1.165, 1.54) is 0 Å². The van der Waals surface area contributed by atoms with Gasteiger partial charge in [0.25, 0.3) is 0 Å². The number of hydrogen-bond acceptors (Lipinski definition) is 6. The molecule has 160 valence electrons. The number of ether oxygens (including phenoxy) is 1. The maximum Gasteiger partial charge on any atom is 0.230 e. The van der Waals surface area contributed by atoms with E-state index in [0.717, 1.165) is 67.5 Å². The van der Waals surface area contributed by atoms with Gasteiger partial charge in [0.05, 0.1) is 13.5 Å². The summed E-state index contributed by atoms with van der Waals surface area (Å²) >= 11 is 0. The Morgan fingerprint density at radius 1 is 1.10 bits per heavy atom. The average Bonchev–Trinajstić information content (AvgIpc) is 3.56. The normalized spacial score (nSPS) is 16.4. The molecule has 0 N–H and O–H groups in total. The van der Waals surface area contributed by atoms with Crippen molar-refractivity contribution >= 4 is 11.6 Å². The van der Waals surface area contributed by atoms with Gasteiger partial charge in [-0.2, -0.15) is 4.98 Å². The van der Waals surface area contributed by atoms with Gasteiger partial charge in [-0.1, -0.05) is 17.3 Å². The summed E-state index contributed by atoms with van der Waals surface area (Å²) < 4.78 is 10.6. The molecule has 2 heterocycles. The fourth-order valence-corrected chi connectivity index (χ4v) is 3.95. The Kier molecular flexibility index (Phi) is 5.32. The Bertz CT molecular complexity index is 1050. The number of rotatable bonds is 6. The highest BCUT2D eigenvalue weighted by atomic mass is 16.5. The molecule has 0 radical (unpaired) electrons. The van der Waals surface area contributed by atoms with Crippen LogP contribution in [0.1, 0.15) is 30.2 Å². The van der Waals surface area contributed by atoms with Crippen LogP contribution in [0.3, 0.4) is 0 Å². The summed E-state index contributed by atoms with van der Waals surface area (Å²) in [4.78, 5) is 21.5. The maximum atomic E-state index is 12.7. The van der Waals surface area contributed by atoms with E-state index in [1.807, 2.05) is 41.3 Å². The second kappa shape index (κ2) is 8.41. The molecule has 1 saturated carbocycles. The summed E-state index contributed by atoms with van der Waals surface area (Å²) in [7, 11) is 1.64. The van der Waals surface area contributed by atoms with E-state index in [4.69, 9.17) is 9.26 Å². The smallest absolute Gasteiger partial charge is 0.230 e. The van der Waals surface area contributed by atoms with Gasteiger partial charge in [-0.05, 0) is 54.8 Å². The van der Waals surface area contributed by atoms with Crippen LogP contribution in [0, 0.1) is 0 Å². The van der Waals surface area contributed by atoms with Crippen LogP contribution in [-0.2, 0) is 11.2 Å². The summed E-state index contributed by atoms with van der Waals surface area (Å²) in [5, 5.41) is 4.11. The first-order valence-corrected chi connectivity index (χ1v) is 10.8. The number of carbonyl (C=O) groups is 1. The lowest BCUT2D eigenvalue weighted by Gasteiger charge is -2.36. The van der Waals surface area contributed by atoms with Crippen molar-refractivity contribution in [2.45, 2.75) is 25.2 Å². The van der Waals surface area contributed by atoms with Crippen LogP contribution in [0.5, 0.6) is 5.75 Å². The third-order valence-electron chi connectivity index (χ3n) is 5.98. The van der Waals surface area contributed by atoms with Gasteiger partial charge in [0.15, 0.2) is 0 Å². The Morgan fingerprint density at radius 3 is 2.58 bits per heavy atom. The minimum atomic E-state index is 0.159. The summed E-state index contributed by atoms with van der Waals surface area (Å²) in [5.41, 5.74) is 3.09. The SMILES string of the molecule is COc1cccc(CC(=O)N2CCN(c3ccc(-c4noc(C5CC5)n4)cc3)CC2)c1. The molecule has 0 spiro atoms. The van der Waals surface area contributed by atoms with E-state index < -0.39 is 0 Å². The molecule has 1 saturated heterocycles. The quantitative estimate of drug-likeness (QED) is 0.610. The second-order valence-electron chi connectivity index (χ2n) is 8.17. The number of nitrogens with zero attached hydrogens (tertiary/aromatic N) is 4. The van der Waals surface area contributed by atoms with Gasteiger partial charge in [-0.15, -0.1) is 0 Å². The lowest BCUT2D eigenvalue weighted by Crippen LogP contribution is -2.49. The first-order valence-electron chi connectivity index (χ1n) is 10.8. The molecule has 7 heteroatoms. The van der Waals surface area contributed by atoms with Crippen molar-refractivity contribution in [2.24, 2.45) is 0 Å². The minimum Gasteiger partial charge on any atom is -0.497 e. The highest BCUT2D eigenvalue weighted by molar-refractivity contribution is 5.79. The second-order valence-corrected chi connectivity index (χ2v) is 8.17. The molecular formula is C24H26N4O3. The summed E-state index contributed by atoms with van der Waals surface area (Å²) in [6.45, 7) is 3.08. The highest BCUT2D eigenvalue weighted by Crippen LogP contribution is 2.39. The lowest BCUT2D eigenvalue weighted by atomic mass is 10.1. The van der Waals surface area contributed by atoms with Crippen LogP contribution in [0.2, 0.25) is 0 Å². The van der Waals surface area contributed by atoms with E-state index in [0.29, 0.717) is 18.2 Å². The number of methoxy groups -OCH3 is 1. The van der Waals surface area contributed by atoms with E-state index >= 15 is 0 Å². The molecule has 2 aliphatic rings. The van der Waals surface area contributed by atoms with Crippen molar-refractivity contribution in [1.82, 2.24) is 15.0 Å². The Morgan fingerprint density at radius 2 is 1.87 bits per heavy atom. The van der Waals surface area contributed by atoms with Gasteiger partial charge < -0.3 is 19.1 Å². The van der Waals surface area contributed by atoms with Crippen LogP contribution in [0.25, 0.3) is 11.4 Å². The topological polar surface area (TPSA) is 71.7 Å². The Balaban J connectivity index is 1.16. The Labute approximate surface area is 181 Å². The van der Waals surface area contributed by atoms with Gasteiger partial charge >= 0.3 is 0 Å². The van der Waals surface area contributed by atoms with Crippen molar-refractivity contribution in [3.8, 4) is 17.1 Å². The van der Waals surface area contributed by atoms with Crippen molar-refractivity contribution in [3.63, 3.8) is 0 Å². The monoisotopic (exact) mass is 418 g/mol. The number of benzene rings is 2. The molecule has 1 aliphatic heterocycles. The van der Waals surface area contributed by atoms with Crippen molar-refractivity contribution in [1.29, 1.82) is 0 Å². The Hall–Kier alpha value is -3.35. The molecule has 0 unspecified atom stereocenters. The fraction of sp³-hybridized carbons (Fsp3) is 0.375. The first-order chi connectivity index (χ1) is 15.2. The van der Waals surface area contributed by atoms with Crippen molar-refractivity contribution < 1.29 is 14.1 Å². The van der Waals surface area contributed by atoms with Crippen LogP contribution in [-0.4, -0.2) is 54.2 Å². The zero-order valence-electron chi connectivity index (χ0n) is 17.7. The molecule has 0 atom stereocenters. The van der Waals surface area contributed by atoms with Gasteiger partial charge in [-0.25, -0.2) is 0 Å². The predicted molar refractivity (Wildman–Crippen MR) is 117 cm³/mol. The zero-order valence-corrected chi connectivity index (χ0v) is 17.7. The molecule has 1 amide bonds. The first kappa shape index (κ1) is 19.6. The molecule has 2 aromatic carbocycles. The average molecular weight is 418 g/mol. The van der Waals surface area contributed by atoms with Crippen LogP contribution in [0.4, 0.5) is 5.69 Å². The number of amides is 1. The molecule has 2 fully saturated rings. The van der Waals surface area contributed by atoms with E-state index in [9.17, 15) is 4.79 Å². The standard InChI is InChI=1S/C24H26N4O3/c1-30-21-4-2-3-17(15-21)16-22(29)28-13-11-27(12-14-28)20-9-7-18(8-10-20)23-25-24(31-26-23)19-5-6-19/h2-4,7-10,15,19H,5-6,11-14,16H2,1H3. The predicted octanol–water partition coefficient (Wildman–Crippen LogP) is 3.51. The molecule has 31 heavy (non-hydrogen) atoms. The zero-order chi connectivity index (χ0) is 21.2. The van der Waals surface area contributed by atoms with Gasteiger partial charge in [0.1, 0.15) is 5.75 Å². The number of carbonyl (C=O) groups excluding carboxylic acids is 1. The van der Waals surface area contributed by atoms with Gasteiger partial charge in [0.2, 0.25) is 17.6 Å². The van der Waals surface area contributed by atoms with E-state index in [-0.39, 0.29) is 5.91 Å². The largest absolute Gasteiger partial charge is 0.497 e. The molecular weight excluding hydrogens is 392 g/mol. The van der Waals surface area contributed by atoms with Crippen LogP contribution < -0.4 is 9.64 Å². The summed E-state index contributed by atoms with van der Waals surface area (Å²) in [6.07, 6.45) is 2.70. The van der Waals surface area contributed by atoms with E-state index in [2.05, 4.69) is 27.2 Å². The maximum absolute atomic E-state index is 12.7. The molecule has 1 aromatic heterocycles. The number of anilines is 1. The van der Waals surface area contributed by atoms with Crippen molar-refractivity contribution in [3.05, 3.63) is 60.0 Å².